The van der Waals surface area contributed by atoms with Crippen molar-refractivity contribution < 1.29 is 38.1 Å². The monoisotopic (exact) mass is 578 g/mol. The van der Waals surface area contributed by atoms with Crippen LogP contribution in [0.5, 0.6) is 5.75 Å². The van der Waals surface area contributed by atoms with E-state index in [1.54, 1.807) is 25.3 Å². The number of carbonyl (C=O) groups excluding carboxylic acids is 4. The maximum atomic E-state index is 13.1. The van der Waals surface area contributed by atoms with E-state index in [1.165, 1.54) is 19.9 Å². The molecule has 0 spiro atoms. The van der Waals surface area contributed by atoms with Crippen LogP contribution in [-0.2, 0) is 39.8 Å². The lowest BCUT2D eigenvalue weighted by Gasteiger charge is -2.28. The number of cyclic esters (lactones) is 2. The van der Waals surface area contributed by atoms with Crippen molar-refractivity contribution in [2.24, 2.45) is 5.92 Å². The summed E-state index contributed by atoms with van der Waals surface area (Å²) in [6.07, 6.45) is 2.23. The van der Waals surface area contributed by atoms with Gasteiger partial charge in [-0.1, -0.05) is 55.5 Å². The molecule has 1 unspecified atom stereocenters. The third-order valence-electron chi connectivity index (χ3n) is 7.38. The molecule has 2 heterocycles. The Kier molecular flexibility index (Phi) is 10.0. The molecule has 0 radical (unpaired) electrons. The van der Waals surface area contributed by atoms with Crippen LogP contribution in [0.15, 0.2) is 66.7 Å². The molecule has 2 aliphatic rings. The molecule has 0 aromatic heterocycles. The summed E-state index contributed by atoms with van der Waals surface area (Å²) in [6.45, 7) is 4.82. The molecule has 0 saturated carbocycles. The smallest absolute Gasteiger partial charge is 0.350 e. The van der Waals surface area contributed by atoms with E-state index in [0.717, 1.165) is 11.1 Å². The molecule has 2 aliphatic heterocycles. The molecule has 1 fully saturated rings. The molecule has 4 rings (SSSR count). The molecule has 2 aromatic carbocycles. The van der Waals surface area contributed by atoms with Gasteiger partial charge in [-0.15, -0.1) is 0 Å². The normalized spacial score (nSPS) is 26.6. The zero-order chi connectivity index (χ0) is 30.3. The maximum absolute atomic E-state index is 13.1. The zero-order valence-electron chi connectivity index (χ0n) is 24.3. The predicted octanol–water partition coefficient (Wildman–Crippen LogP) is 3.20. The van der Waals surface area contributed by atoms with Crippen LogP contribution in [-0.4, -0.2) is 61.3 Å². The molecule has 2 amide bonds. The van der Waals surface area contributed by atoms with E-state index >= 15 is 0 Å². The number of nitrogens with one attached hydrogen (secondary N) is 2. The van der Waals surface area contributed by atoms with Crippen molar-refractivity contribution in [2.75, 3.05) is 13.7 Å². The van der Waals surface area contributed by atoms with E-state index in [0.29, 0.717) is 5.75 Å². The molecule has 0 aliphatic carbocycles. The second-order valence-electron chi connectivity index (χ2n) is 11.0. The molecule has 2 N–H and O–H groups in total. The number of ether oxygens (including phenoxy) is 4. The van der Waals surface area contributed by atoms with E-state index in [4.69, 9.17) is 18.9 Å². The summed E-state index contributed by atoms with van der Waals surface area (Å²) in [7, 11) is 1.56. The van der Waals surface area contributed by atoms with E-state index in [1.807, 2.05) is 49.4 Å². The Morgan fingerprint density at radius 1 is 1.02 bits per heavy atom. The van der Waals surface area contributed by atoms with E-state index in [2.05, 4.69) is 10.6 Å². The highest BCUT2D eigenvalue weighted by atomic mass is 16.6. The Labute approximate surface area is 245 Å². The number of carbonyl (C=O) groups is 4. The minimum atomic E-state index is -1.56. The number of hydrogen-bond acceptors (Lipinski definition) is 8. The quantitative estimate of drug-likeness (QED) is 0.395. The molecule has 5 atom stereocenters. The van der Waals surface area contributed by atoms with E-state index < -0.39 is 41.5 Å². The van der Waals surface area contributed by atoms with Crippen LogP contribution in [0.3, 0.4) is 0 Å². The van der Waals surface area contributed by atoms with E-state index in [9.17, 15) is 19.2 Å². The van der Waals surface area contributed by atoms with Gasteiger partial charge in [0.25, 0.3) is 0 Å². The summed E-state index contributed by atoms with van der Waals surface area (Å²) in [5, 5.41) is 5.42. The summed E-state index contributed by atoms with van der Waals surface area (Å²) in [5.41, 5.74) is 0.283. The van der Waals surface area contributed by atoms with Crippen LogP contribution in [0, 0.1) is 5.92 Å². The second-order valence-corrected chi connectivity index (χ2v) is 11.0. The van der Waals surface area contributed by atoms with Crippen molar-refractivity contribution in [1.82, 2.24) is 10.6 Å². The molecular formula is C32H38N2O8. The first kappa shape index (κ1) is 30.8. The number of epoxide rings is 1. The predicted molar refractivity (Wildman–Crippen MR) is 153 cm³/mol. The van der Waals surface area contributed by atoms with Crippen LogP contribution in [0.2, 0.25) is 0 Å². The van der Waals surface area contributed by atoms with Crippen molar-refractivity contribution in [2.45, 2.75) is 70.0 Å². The summed E-state index contributed by atoms with van der Waals surface area (Å²) in [6, 6.07) is 16.0. The molecule has 224 valence electrons. The first-order valence-electron chi connectivity index (χ1n) is 14.1. The third kappa shape index (κ3) is 8.19. The minimum absolute atomic E-state index is 0.0346. The SMILES string of the molecule is COc1ccc(CC2NC(=O)/C=C/C[C@@H]([C@H](C)[C@H]3O[C@@H]3c3ccccc3)OC(=O)C(C)(C)OC(=O)CCNC2=O)cc1. The highest BCUT2D eigenvalue weighted by molar-refractivity contribution is 5.93. The first-order chi connectivity index (χ1) is 20.1. The number of benzene rings is 2. The van der Waals surface area contributed by atoms with Crippen LogP contribution >= 0.6 is 0 Å². The van der Waals surface area contributed by atoms with Gasteiger partial charge in [-0.25, -0.2) is 4.79 Å². The second kappa shape index (κ2) is 13.7. The molecule has 42 heavy (non-hydrogen) atoms. The number of esters is 2. The van der Waals surface area contributed by atoms with E-state index in [-0.39, 0.29) is 43.9 Å². The van der Waals surface area contributed by atoms with Crippen molar-refractivity contribution in [1.29, 1.82) is 0 Å². The fourth-order valence-corrected chi connectivity index (χ4v) is 4.82. The summed E-state index contributed by atoms with van der Waals surface area (Å²) in [4.78, 5) is 51.6. The fraction of sp³-hybridized carbons (Fsp3) is 0.438. The summed E-state index contributed by atoms with van der Waals surface area (Å²) < 4.78 is 22.5. The fourth-order valence-electron chi connectivity index (χ4n) is 4.82. The van der Waals surface area contributed by atoms with Gasteiger partial charge < -0.3 is 29.6 Å². The first-order valence-corrected chi connectivity index (χ1v) is 14.1. The van der Waals surface area contributed by atoms with Gasteiger partial charge in [0.15, 0.2) is 0 Å². The average Bonchev–Trinajstić information content (AvgIpc) is 3.77. The average molecular weight is 579 g/mol. The summed E-state index contributed by atoms with van der Waals surface area (Å²) in [5.74, 6) is -1.86. The summed E-state index contributed by atoms with van der Waals surface area (Å²) >= 11 is 0. The van der Waals surface area contributed by atoms with Gasteiger partial charge in [0, 0.05) is 25.3 Å². The molecule has 10 nitrogen and oxygen atoms in total. The van der Waals surface area contributed by atoms with Gasteiger partial charge in [0.05, 0.1) is 19.6 Å². The van der Waals surface area contributed by atoms with Gasteiger partial charge in [-0.3, -0.25) is 14.4 Å². The molecule has 1 saturated heterocycles. The highest BCUT2D eigenvalue weighted by Gasteiger charge is 2.48. The van der Waals surface area contributed by atoms with Gasteiger partial charge in [0.2, 0.25) is 17.4 Å². The van der Waals surface area contributed by atoms with Gasteiger partial charge in [0.1, 0.15) is 24.0 Å². The van der Waals surface area contributed by atoms with Crippen LogP contribution in [0.1, 0.15) is 50.8 Å². The van der Waals surface area contributed by atoms with Crippen molar-refractivity contribution in [3.8, 4) is 5.75 Å². The van der Waals surface area contributed by atoms with Crippen molar-refractivity contribution in [3.05, 3.63) is 77.9 Å². The number of rotatable bonds is 6. The Hall–Kier alpha value is -4.18. The minimum Gasteiger partial charge on any atom is -0.497 e. The largest absolute Gasteiger partial charge is 0.497 e. The maximum Gasteiger partial charge on any atom is 0.350 e. The van der Waals surface area contributed by atoms with Gasteiger partial charge in [-0.05, 0) is 43.2 Å². The Bertz CT molecular complexity index is 1290. The van der Waals surface area contributed by atoms with Crippen molar-refractivity contribution in [3.63, 3.8) is 0 Å². The van der Waals surface area contributed by atoms with Gasteiger partial charge >= 0.3 is 11.9 Å². The Morgan fingerprint density at radius 3 is 2.43 bits per heavy atom. The lowest BCUT2D eigenvalue weighted by atomic mass is 9.93. The Balaban J connectivity index is 1.52. The highest BCUT2D eigenvalue weighted by Crippen LogP contribution is 2.45. The number of amides is 2. The van der Waals surface area contributed by atoms with Crippen LogP contribution in [0.25, 0.3) is 0 Å². The molecule has 0 bridgehead atoms. The van der Waals surface area contributed by atoms with Crippen LogP contribution < -0.4 is 15.4 Å². The Morgan fingerprint density at radius 2 is 1.74 bits per heavy atom. The number of methoxy groups -OCH3 is 1. The standard InChI is InChI=1S/C32H38N2O8/c1-20(28-29(41-28)22-9-6-5-7-10-22)25-11-8-12-26(35)34-24(19-21-13-15-23(39-4)16-14-21)30(37)33-18-17-27(36)42-32(2,3)31(38)40-25/h5-10,12-16,20,24-25,28-29H,11,17-19H2,1-4H3,(H,33,37)(H,34,35)/b12-8+/t20-,24?,25-,28+,29+/m0/s1. The van der Waals surface area contributed by atoms with Crippen molar-refractivity contribution >= 4 is 23.8 Å². The molecular weight excluding hydrogens is 540 g/mol. The molecule has 10 heteroatoms. The van der Waals surface area contributed by atoms with Gasteiger partial charge in [-0.2, -0.15) is 0 Å². The lowest BCUT2D eigenvalue weighted by molar-refractivity contribution is -0.184. The number of hydrogen-bond donors (Lipinski definition) is 2. The van der Waals surface area contributed by atoms with Crippen LogP contribution in [0.4, 0.5) is 0 Å². The third-order valence-corrected chi connectivity index (χ3v) is 7.38. The zero-order valence-corrected chi connectivity index (χ0v) is 24.3. The topological polar surface area (TPSA) is 133 Å². The lowest BCUT2D eigenvalue weighted by Crippen LogP contribution is -2.48. The molecule has 2 aromatic rings.